The van der Waals surface area contributed by atoms with Crippen LogP contribution in [0.3, 0.4) is 0 Å². The molecule has 1 aromatic carbocycles. The number of nitrogens with one attached hydrogen (secondary N) is 2. The van der Waals surface area contributed by atoms with Crippen molar-refractivity contribution in [3.05, 3.63) is 48.2 Å². The van der Waals surface area contributed by atoms with Crippen LogP contribution in [0.4, 0.5) is 24.5 Å². The van der Waals surface area contributed by atoms with Crippen molar-refractivity contribution >= 4 is 33.1 Å². The lowest BCUT2D eigenvalue weighted by Crippen LogP contribution is -2.29. The Balaban J connectivity index is 1.55. The zero-order chi connectivity index (χ0) is 25.9. The van der Waals surface area contributed by atoms with Gasteiger partial charge >= 0.3 is 6.18 Å². The molecule has 3 aromatic rings. The molecule has 1 aliphatic rings. The molecule has 4 rings (SSSR count). The lowest BCUT2D eigenvalue weighted by molar-refractivity contribution is -0.140. The smallest absolute Gasteiger partial charge is 0.382 e. The minimum Gasteiger partial charge on any atom is -0.382 e. The van der Waals surface area contributed by atoms with Gasteiger partial charge in [-0.3, -0.25) is 4.21 Å². The number of hydrogen-bond donors (Lipinski definition) is 2. The number of benzene rings is 1. The fourth-order valence-corrected chi connectivity index (χ4v) is 5.41. The third kappa shape index (κ3) is 6.58. The molecule has 0 saturated carbocycles. The molecular weight excluding hydrogens is 487 g/mol. The first-order valence-corrected chi connectivity index (χ1v) is 13.3. The standard InChI is InChI=1S/C26H30F3N5OS/c1-25(2,3)24-31-15-19(16-32-24)30-11-5-6-20-14-21-22(33-18-9-12-36(35)13-10-18)7-4-8-23(21)34(20)17-26(27,28)29/h4,7-8,14-16,18,30,33H,9-13,17H2,1-3H3. The van der Waals surface area contributed by atoms with Gasteiger partial charge in [-0.15, -0.1) is 0 Å². The maximum Gasteiger partial charge on any atom is 0.406 e. The second kappa shape index (κ2) is 10.5. The summed E-state index contributed by atoms with van der Waals surface area (Å²) in [6.07, 6.45) is 0.503. The van der Waals surface area contributed by atoms with E-state index in [-0.39, 0.29) is 18.0 Å². The molecule has 36 heavy (non-hydrogen) atoms. The van der Waals surface area contributed by atoms with E-state index >= 15 is 0 Å². The summed E-state index contributed by atoms with van der Waals surface area (Å²) in [7, 11) is -0.782. The Morgan fingerprint density at radius 1 is 1.14 bits per heavy atom. The number of anilines is 2. The van der Waals surface area contributed by atoms with E-state index in [1.54, 1.807) is 30.6 Å². The summed E-state index contributed by atoms with van der Waals surface area (Å²) < 4.78 is 53.2. The van der Waals surface area contributed by atoms with Crippen molar-refractivity contribution in [2.45, 2.75) is 57.8 Å². The van der Waals surface area contributed by atoms with Gasteiger partial charge in [0.1, 0.15) is 12.4 Å². The molecule has 1 saturated heterocycles. The molecule has 6 nitrogen and oxygen atoms in total. The number of rotatable bonds is 5. The van der Waals surface area contributed by atoms with Gasteiger partial charge in [0.2, 0.25) is 0 Å². The van der Waals surface area contributed by atoms with E-state index in [2.05, 4.69) is 32.4 Å². The first-order chi connectivity index (χ1) is 17.0. The van der Waals surface area contributed by atoms with E-state index in [0.29, 0.717) is 33.8 Å². The van der Waals surface area contributed by atoms with Crippen LogP contribution in [0.5, 0.6) is 0 Å². The van der Waals surface area contributed by atoms with Gasteiger partial charge in [0.25, 0.3) is 0 Å². The fourth-order valence-electron chi connectivity index (χ4n) is 4.11. The van der Waals surface area contributed by atoms with Crippen molar-refractivity contribution in [2.75, 3.05) is 28.7 Å². The average Bonchev–Trinajstić information content (AvgIpc) is 3.15. The molecule has 3 heterocycles. The zero-order valence-electron chi connectivity index (χ0n) is 20.6. The number of nitrogens with zero attached hydrogens (tertiary/aromatic N) is 3. The van der Waals surface area contributed by atoms with Crippen LogP contribution in [0.1, 0.15) is 45.1 Å². The Bertz CT molecular complexity index is 1290. The molecule has 0 bridgehead atoms. The van der Waals surface area contributed by atoms with Gasteiger partial charge < -0.3 is 15.2 Å². The van der Waals surface area contributed by atoms with E-state index in [1.807, 2.05) is 26.8 Å². The summed E-state index contributed by atoms with van der Waals surface area (Å²) in [4.78, 5) is 8.71. The Hall–Kier alpha value is -3.06. The molecule has 0 atom stereocenters. The molecular formula is C26H30F3N5OS. The molecule has 1 fully saturated rings. The number of aromatic nitrogens is 3. The van der Waals surface area contributed by atoms with Gasteiger partial charge in [0, 0.05) is 44.8 Å². The van der Waals surface area contributed by atoms with Crippen LogP contribution in [-0.2, 0) is 22.8 Å². The number of fused-ring (bicyclic) bond motifs is 1. The normalized spacial score (nSPS) is 18.5. The predicted molar refractivity (Wildman–Crippen MR) is 139 cm³/mol. The molecule has 192 valence electrons. The van der Waals surface area contributed by atoms with Crippen molar-refractivity contribution in [2.24, 2.45) is 0 Å². The Morgan fingerprint density at radius 2 is 1.83 bits per heavy atom. The quantitative estimate of drug-likeness (QED) is 0.462. The fraction of sp³-hybridized carbons (Fsp3) is 0.462. The second-order valence-corrected chi connectivity index (χ2v) is 11.6. The van der Waals surface area contributed by atoms with Crippen molar-refractivity contribution in [3.8, 4) is 11.8 Å². The molecule has 0 spiro atoms. The van der Waals surface area contributed by atoms with Crippen LogP contribution < -0.4 is 10.6 Å². The number of halogens is 3. The highest BCUT2D eigenvalue weighted by Gasteiger charge is 2.30. The topological polar surface area (TPSA) is 71.8 Å². The Kier molecular flexibility index (Phi) is 7.59. The van der Waals surface area contributed by atoms with Gasteiger partial charge in [-0.25, -0.2) is 9.97 Å². The van der Waals surface area contributed by atoms with Crippen LogP contribution in [0.25, 0.3) is 10.9 Å². The molecule has 0 amide bonds. The molecule has 0 unspecified atom stereocenters. The maximum absolute atomic E-state index is 13.4. The van der Waals surface area contributed by atoms with Crippen LogP contribution >= 0.6 is 0 Å². The van der Waals surface area contributed by atoms with E-state index in [0.717, 1.165) is 24.4 Å². The highest BCUT2D eigenvalue weighted by molar-refractivity contribution is 7.85. The van der Waals surface area contributed by atoms with Gasteiger partial charge in [-0.05, 0) is 37.0 Å². The summed E-state index contributed by atoms with van der Waals surface area (Å²) in [5.41, 5.74) is 2.06. The number of hydrogen-bond acceptors (Lipinski definition) is 5. The second-order valence-electron chi connectivity index (χ2n) is 9.94. The monoisotopic (exact) mass is 517 g/mol. The minimum atomic E-state index is -4.39. The molecule has 10 heteroatoms. The van der Waals surface area contributed by atoms with Crippen LogP contribution in [0, 0.1) is 11.8 Å². The lowest BCUT2D eigenvalue weighted by Gasteiger charge is -2.24. The van der Waals surface area contributed by atoms with Crippen LogP contribution in [0.2, 0.25) is 0 Å². The summed E-state index contributed by atoms with van der Waals surface area (Å²) in [5, 5.41) is 7.24. The molecule has 2 aromatic heterocycles. The summed E-state index contributed by atoms with van der Waals surface area (Å²) >= 11 is 0. The summed E-state index contributed by atoms with van der Waals surface area (Å²) in [5.74, 6) is 7.83. The third-order valence-corrected chi connectivity index (χ3v) is 7.33. The maximum atomic E-state index is 13.4. The van der Waals surface area contributed by atoms with E-state index in [9.17, 15) is 17.4 Å². The first-order valence-electron chi connectivity index (χ1n) is 11.9. The minimum absolute atomic E-state index is 0.143. The van der Waals surface area contributed by atoms with Crippen molar-refractivity contribution in [1.29, 1.82) is 0 Å². The molecule has 2 N–H and O–H groups in total. The van der Waals surface area contributed by atoms with Gasteiger partial charge in [0.05, 0.1) is 35.8 Å². The Morgan fingerprint density at radius 3 is 2.47 bits per heavy atom. The van der Waals surface area contributed by atoms with E-state index in [4.69, 9.17) is 0 Å². The van der Waals surface area contributed by atoms with E-state index < -0.39 is 23.5 Å². The van der Waals surface area contributed by atoms with Crippen molar-refractivity contribution in [3.63, 3.8) is 0 Å². The summed E-state index contributed by atoms with van der Waals surface area (Å²) in [6.45, 7) is 5.19. The van der Waals surface area contributed by atoms with Crippen molar-refractivity contribution in [1.82, 2.24) is 14.5 Å². The number of alkyl halides is 3. The zero-order valence-corrected chi connectivity index (χ0v) is 21.4. The molecule has 0 radical (unpaired) electrons. The van der Waals surface area contributed by atoms with Gasteiger partial charge in [-0.2, -0.15) is 13.2 Å². The Labute approximate surface area is 211 Å². The SMILES string of the molecule is CC(C)(C)c1ncc(NCC#Cc2cc3c(NC4CCS(=O)CC4)cccc3n2CC(F)(F)F)cn1. The van der Waals surface area contributed by atoms with Gasteiger partial charge in [-0.1, -0.05) is 32.8 Å². The average molecular weight is 518 g/mol. The van der Waals surface area contributed by atoms with Crippen LogP contribution in [-0.4, -0.2) is 49.0 Å². The molecule has 1 aliphatic heterocycles. The highest BCUT2D eigenvalue weighted by atomic mass is 32.2. The predicted octanol–water partition coefficient (Wildman–Crippen LogP) is 5.08. The first kappa shape index (κ1) is 26.0. The van der Waals surface area contributed by atoms with Gasteiger partial charge in [0.15, 0.2) is 0 Å². The summed E-state index contributed by atoms with van der Waals surface area (Å²) in [6, 6.07) is 7.15. The van der Waals surface area contributed by atoms with Crippen molar-refractivity contribution < 1.29 is 17.4 Å². The van der Waals surface area contributed by atoms with Crippen LogP contribution in [0.15, 0.2) is 36.7 Å². The third-order valence-electron chi connectivity index (χ3n) is 5.95. The lowest BCUT2D eigenvalue weighted by atomic mass is 9.96. The molecule has 0 aliphatic carbocycles. The largest absolute Gasteiger partial charge is 0.406 e. The highest BCUT2D eigenvalue weighted by Crippen LogP contribution is 2.31. The van der Waals surface area contributed by atoms with E-state index in [1.165, 1.54) is 4.57 Å².